The maximum atomic E-state index is 4.32. The molecule has 4 nitrogen and oxygen atoms in total. The Morgan fingerprint density at radius 3 is 2.81 bits per heavy atom. The van der Waals surface area contributed by atoms with Crippen molar-refractivity contribution in [2.45, 2.75) is 6.54 Å². The number of anilines is 2. The molecule has 0 aliphatic heterocycles. The molecule has 0 saturated heterocycles. The summed E-state index contributed by atoms with van der Waals surface area (Å²) in [5, 5.41) is 6.18. The summed E-state index contributed by atoms with van der Waals surface area (Å²) in [5.74, 6) is 1.54. The van der Waals surface area contributed by atoms with Crippen LogP contribution in [-0.2, 0) is 6.54 Å². The van der Waals surface area contributed by atoms with Gasteiger partial charge in [0.25, 0.3) is 0 Å². The first kappa shape index (κ1) is 11.3. The number of halogens is 1. The lowest BCUT2D eigenvalue weighted by Crippen LogP contribution is -2.02. The maximum Gasteiger partial charge on any atom is 0.147 e. The molecule has 0 aromatic carbocycles. The number of nitrogens with zero attached hydrogens (tertiary/aromatic N) is 2. The average molecular weight is 299 g/mol. The summed E-state index contributed by atoms with van der Waals surface area (Å²) < 4.78 is 1.14. The van der Waals surface area contributed by atoms with Gasteiger partial charge in [0, 0.05) is 11.9 Å². The van der Waals surface area contributed by atoms with Crippen LogP contribution in [0.1, 0.15) is 4.88 Å². The normalized spacial score (nSPS) is 10.1. The Balaban J connectivity index is 1.99. The van der Waals surface area contributed by atoms with Gasteiger partial charge < -0.3 is 10.6 Å². The zero-order valence-electron chi connectivity index (χ0n) is 8.70. The van der Waals surface area contributed by atoms with Crippen molar-refractivity contribution >= 4 is 38.9 Å². The first-order valence-electron chi connectivity index (χ1n) is 4.76. The van der Waals surface area contributed by atoms with Crippen LogP contribution in [0.2, 0.25) is 0 Å². The molecule has 0 radical (unpaired) electrons. The molecule has 2 heterocycles. The van der Waals surface area contributed by atoms with Crippen molar-refractivity contribution in [1.29, 1.82) is 0 Å². The van der Waals surface area contributed by atoms with E-state index in [9.17, 15) is 0 Å². The summed E-state index contributed by atoms with van der Waals surface area (Å²) in [6.45, 7) is 0.762. The fourth-order valence-corrected chi connectivity index (χ4v) is 2.62. The Kier molecular flexibility index (Phi) is 3.74. The zero-order valence-corrected chi connectivity index (χ0v) is 11.1. The van der Waals surface area contributed by atoms with Crippen molar-refractivity contribution in [2.24, 2.45) is 0 Å². The smallest absolute Gasteiger partial charge is 0.147 e. The molecule has 0 unspecified atom stereocenters. The Morgan fingerprint density at radius 1 is 1.31 bits per heavy atom. The van der Waals surface area contributed by atoms with Gasteiger partial charge in [0.2, 0.25) is 0 Å². The van der Waals surface area contributed by atoms with Crippen LogP contribution in [0.25, 0.3) is 0 Å². The molecule has 2 aromatic rings. The van der Waals surface area contributed by atoms with Crippen molar-refractivity contribution < 1.29 is 0 Å². The van der Waals surface area contributed by atoms with Crippen molar-refractivity contribution in [2.75, 3.05) is 17.7 Å². The molecule has 0 saturated carbocycles. The van der Waals surface area contributed by atoms with E-state index < -0.39 is 0 Å². The van der Waals surface area contributed by atoms with E-state index in [-0.39, 0.29) is 0 Å². The van der Waals surface area contributed by atoms with E-state index >= 15 is 0 Å². The van der Waals surface area contributed by atoms with Gasteiger partial charge in [-0.15, -0.1) is 11.3 Å². The fourth-order valence-electron chi connectivity index (χ4n) is 1.20. The predicted octanol–water partition coefficient (Wildman–Crippen LogP) is 2.95. The summed E-state index contributed by atoms with van der Waals surface area (Å²) >= 11 is 5.14. The third kappa shape index (κ3) is 2.93. The van der Waals surface area contributed by atoms with Gasteiger partial charge in [-0.25, -0.2) is 4.98 Å². The van der Waals surface area contributed by atoms with E-state index in [1.54, 1.807) is 23.7 Å². The van der Waals surface area contributed by atoms with Gasteiger partial charge >= 0.3 is 0 Å². The summed E-state index contributed by atoms with van der Waals surface area (Å²) in [6, 6.07) is 4.12. The molecule has 0 bridgehead atoms. The van der Waals surface area contributed by atoms with Gasteiger partial charge in [-0.3, -0.25) is 4.98 Å². The Morgan fingerprint density at radius 2 is 2.12 bits per heavy atom. The molecule has 16 heavy (non-hydrogen) atoms. The lowest BCUT2D eigenvalue weighted by atomic mass is 10.4. The maximum absolute atomic E-state index is 4.32. The van der Waals surface area contributed by atoms with Crippen molar-refractivity contribution in [3.05, 3.63) is 33.2 Å². The molecular weight excluding hydrogens is 288 g/mol. The van der Waals surface area contributed by atoms with Crippen LogP contribution in [-0.4, -0.2) is 17.0 Å². The van der Waals surface area contributed by atoms with E-state index in [1.165, 1.54) is 4.88 Å². The highest BCUT2D eigenvalue weighted by atomic mass is 79.9. The van der Waals surface area contributed by atoms with Crippen LogP contribution in [0.15, 0.2) is 28.3 Å². The zero-order chi connectivity index (χ0) is 11.4. The van der Waals surface area contributed by atoms with Crippen LogP contribution in [0.5, 0.6) is 0 Å². The summed E-state index contributed by atoms with van der Waals surface area (Å²) in [6.07, 6.45) is 3.40. The third-order valence-electron chi connectivity index (χ3n) is 1.96. The lowest BCUT2D eigenvalue weighted by molar-refractivity contribution is 1.10. The number of hydrogen-bond donors (Lipinski definition) is 2. The highest BCUT2D eigenvalue weighted by Gasteiger charge is 1.99. The summed E-state index contributed by atoms with van der Waals surface area (Å²) in [7, 11) is 1.82. The third-order valence-corrected chi connectivity index (χ3v) is 3.59. The lowest BCUT2D eigenvalue weighted by Gasteiger charge is -2.04. The molecule has 6 heteroatoms. The fraction of sp³-hybridized carbons (Fsp3) is 0.200. The summed E-state index contributed by atoms with van der Waals surface area (Å²) in [5.41, 5.74) is 0. The number of thiophene rings is 1. The Hall–Kier alpha value is -1.14. The van der Waals surface area contributed by atoms with E-state index in [2.05, 4.69) is 42.6 Å². The minimum absolute atomic E-state index is 0.761. The van der Waals surface area contributed by atoms with Crippen molar-refractivity contribution in [3.8, 4) is 0 Å². The van der Waals surface area contributed by atoms with Gasteiger partial charge in [-0.1, -0.05) is 0 Å². The molecule has 84 valence electrons. The number of hydrogen-bond acceptors (Lipinski definition) is 5. The number of nitrogens with one attached hydrogen (secondary N) is 2. The van der Waals surface area contributed by atoms with Crippen molar-refractivity contribution in [3.63, 3.8) is 0 Å². The second-order valence-corrected chi connectivity index (χ2v) is 5.65. The minimum atomic E-state index is 0.761. The number of rotatable bonds is 4. The number of aromatic nitrogens is 2. The molecule has 0 amide bonds. The van der Waals surface area contributed by atoms with Crippen LogP contribution < -0.4 is 10.6 Å². The predicted molar refractivity (Wildman–Crippen MR) is 70.9 cm³/mol. The molecule has 2 aromatic heterocycles. The molecule has 2 rings (SSSR count). The molecule has 2 N–H and O–H groups in total. The van der Waals surface area contributed by atoms with Crippen LogP contribution in [0, 0.1) is 0 Å². The van der Waals surface area contributed by atoms with Crippen LogP contribution in [0.4, 0.5) is 11.6 Å². The Bertz CT molecular complexity index is 471. The highest BCUT2D eigenvalue weighted by molar-refractivity contribution is 9.11. The van der Waals surface area contributed by atoms with Gasteiger partial charge in [-0.2, -0.15) is 0 Å². The first-order chi connectivity index (χ1) is 7.78. The molecule has 0 spiro atoms. The standard InChI is InChI=1S/C10H11BrN4S/c1-12-9-5-13-6-10(15-9)14-4-7-2-3-8(11)16-7/h2-3,5-6H,4H2,1H3,(H2,12,14,15). The summed E-state index contributed by atoms with van der Waals surface area (Å²) in [4.78, 5) is 9.65. The van der Waals surface area contributed by atoms with Gasteiger partial charge in [0.05, 0.1) is 22.7 Å². The van der Waals surface area contributed by atoms with Gasteiger partial charge in [-0.05, 0) is 28.1 Å². The van der Waals surface area contributed by atoms with Crippen LogP contribution >= 0.6 is 27.3 Å². The first-order valence-corrected chi connectivity index (χ1v) is 6.37. The molecule has 0 atom stereocenters. The molecule has 0 fully saturated rings. The highest BCUT2D eigenvalue weighted by Crippen LogP contribution is 2.22. The average Bonchev–Trinajstić information content (AvgIpc) is 2.73. The van der Waals surface area contributed by atoms with E-state index in [0.717, 1.165) is 22.0 Å². The second kappa shape index (κ2) is 5.27. The molecule has 0 aliphatic carbocycles. The SMILES string of the molecule is CNc1cncc(NCc2ccc(Br)s2)n1. The van der Waals surface area contributed by atoms with Gasteiger partial charge in [0.15, 0.2) is 0 Å². The largest absolute Gasteiger partial charge is 0.372 e. The second-order valence-electron chi connectivity index (χ2n) is 3.10. The van der Waals surface area contributed by atoms with E-state index in [1.807, 2.05) is 13.1 Å². The van der Waals surface area contributed by atoms with E-state index in [0.29, 0.717) is 0 Å². The topological polar surface area (TPSA) is 49.8 Å². The monoisotopic (exact) mass is 298 g/mol. The van der Waals surface area contributed by atoms with Crippen molar-refractivity contribution in [1.82, 2.24) is 9.97 Å². The molecule has 0 aliphatic rings. The quantitative estimate of drug-likeness (QED) is 0.911. The molecular formula is C10H11BrN4S. The van der Waals surface area contributed by atoms with Crippen LogP contribution in [0.3, 0.4) is 0 Å². The minimum Gasteiger partial charge on any atom is -0.372 e. The van der Waals surface area contributed by atoms with E-state index in [4.69, 9.17) is 0 Å². The Labute approximate surface area is 106 Å². The van der Waals surface area contributed by atoms with Gasteiger partial charge in [0.1, 0.15) is 11.6 Å².